The number of methoxy groups -OCH3 is 2. The van der Waals surface area contributed by atoms with E-state index in [0.717, 1.165) is 39.3 Å². The van der Waals surface area contributed by atoms with E-state index in [1.807, 2.05) is 12.1 Å². The maximum absolute atomic E-state index is 5.31. The van der Waals surface area contributed by atoms with E-state index < -0.39 is 0 Å². The lowest BCUT2D eigenvalue weighted by Gasteiger charge is -2.09. The van der Waals surface area contributed by atoms with Crippen molar-refractivity contribution in [1.82, 2.24) is 5.32 Å². The Labute approximate surface area is 145 Å². The van der Waals surface area contributed by atoms with Crippen LogP contribution in [0.2, 0.25) is 0 Å². The number of nitrogens with one attached hydrogen (secondary N) is 1. The van der Waals surface area contributed by atoms with E-state index in [4.69, 9.17) is 9.47 Å². The predicted octanol–water partition coefficient (Wildman–Crippen LogP) is 4.62. The first-order valence-corrected chi connectivity index (χ1v) is 8.89. The maximum Gasteiger partial charge on any atom is 0.160 e. The topological polar surface area (TPSA) is 30.5 Å². The van der Waals surface area contributed by atoms with Gasteiger partial charge in [0.25, 0.3) is 0 Å². The highest BCUT2D eigenvalue weighted by Crippen LogP contribution is 2.32. The Morgan fingerprint density at radius 3 is 2.48 bits per heavy atom. The lowest BCUT2D eigenvalue weighted by molar-refractivity contribution is 0.354. The van der Waals surface area contributed by atoms with Gasteiger partial charge >= 0.3 is 0 Å². The van der Waals surface area contributed by atoms with E-state index in [9.17, 15) is 0 Å². The van der Waals surface area contributed by atoms with E-state index >= 15 is 0 Å². The predicted molar refractivity (Wildman–Crippen MR) is 94.7 cm³/mol. The molecule has 0 bridgehead atoms. The molecule has 1 N–H and O–H groups in total. The van der Waals surface area contributed by atoms with Gasteiger partial charge in [-0.2, -0.15) is 0 Å². The number of hydrogen-bond acceptors (Lipinski definition) is 4. The van der Waals surface area contributed by atoms with Gasteiger partial charge < -0.3 is 14.8 Å². The van der Waals surface area contributed by atoms with Gasteiger partial charge in [0.15, 0.2) is 11.5 Å². The molecule has 0 radical (unpaired) electrons. The average Bonchev–Trinajstić information content (AvgIpc) is 2.82. The lowest BCUT2D eigenvalue weighted by atomic mass is 10.1. The summed E-state index contributed by atoms with van der Waals surface area (Å²) in [5.74, 6) is 1.55. The molecule has 1 aromatic carbocycles. The highest BCUT2D eigenvalue weighted by atomic mass is 79.9. The second-order valence-electron chi connectivity index (χ2n) is 4.45. The number of benzene rings is 1. The second-order valence-corrected chi connectivity index (χ2v) is 7.76. The van der Waals surface area contributed by atoms with Gasteiger partial charge in [-0.3, -0.25) is 0 Å². The summed E-state index contributed by atoms with van der Waals surface area (Å²) in [6.07, 6.45) is 0.952. The Hall–Kier alpha value is -0.560. The average molecular weight is 435 g/mol. The Kier molecular flexibility index (Phi) is 6.54. The summed E-state index contributed by atoms with van der Waals surface area (Å²) in [6.45, 7) is 1.80. The first-order chi connectivity index (χ1) is 10.1. The number of halogens is 2. The third-order valence-corrected chi connectivity index (χ3v) is 6.29. The van der Waals surface area contributed by atoms with Crippen molar-refractivity contribution in [1.29, 1.82) is 0 Å². The van der Waals surface area contributed by atoms with Crippen LogP contribution in [0.1, 0.15) is 10.4 Å². The van der Waals surface area contributed by atoms with E-state index in [-0.39, 0.29) is 0 Å². The van der Waals surface area contributed by atoms with Crippen molar-refractivity contribution in [2.75, 3.05) is 20.8 Å². The summed E-state index contributed by atoms with van der Waals surface area (Å²) in [5, 5.41) is 3.45. The summed E-state index contributed by atoms with van der Waals surface area (Å²) >= 11 is 8.75. The number of rotatable bonds is 7. The molecule has 6 heteroatoms. The van der Waals surface area contributed by atoms with Crippen LogP contribution in [-0.2, 0) is 13.0 Å². The lowest BCUT2D eigenvalue weighted by Crippen LogP contribution is -2.15. The molecule has 0 spiro atoms. The van der Waals surface area contributed by atoms with Gasteiger partial charge in [0.05, 0.1) is 18.0 Å². The first kappa shape index (κ1) is 16.8. The molecule has 21 heavy (non-hydrogen) atoms. The van der Waals surface area contributed by atoms with Crippen LogP contribution in [0.3, 0.4) is 0 Å². The molecule has 0 aliphatic heterocycles. The van der Waals surface area contributed by atoms with Crippen LogP contribution < -0.4 is 14.8 Å². The van der Waals surface area contributed by atoms with Crippen molar-refractivity contribution < 1.29 is 9.47 Å². The Morgan fingerprint density at radius 1 is 1.10 bits per heavy atom. The molecule has 1 aromatic heterocycles. The minimum Gasteiger partial charge on any atom is -0.493 e. The second kappa shape index (κ2) is 8.17. The van der Waals surface area contributed by atoms with Crippen LogP contribution in [0, 0.1) is 0 Å². The van der Waals surface area contributed by atoms with Gasteiger partial charge in [0.2, 0.25) is 0 Å². The van der Waals surface area contributed by atoms with Gasteiger partial charge in [-0.15, -0.1) is 11.3 Å². The van der Waals surface area contributed by atoms with Crippen molar-refractivity contribution in [2.45, 2.75) is 13.0 Å². The molecule has 0 unspecified atom stereocenters. The summed E-state index contributed by atoms with van der Waals surface area (Å²) in [6, 6.07) is 8.18. The van der Waals surface area contributed by atoms with Gasteiger partial charge in [0.1, 0.15) is 0 Å². The molecule has 2 aromatic rings. The van der Waals surface area contributed by atoms with E-state index in [1.165, 1.54) is 10.4 Å². The third kappa shape index (κ3) is 4.71. The van der Waals surface area contributed by atoms with Crippen molar-refractivity contribution in [2.24, 2.45) is 0 Å². The first-order valence-electron chi connectivity index (χ1n) is 6.49. The fourth-order valence-electron chi connectivity index (χ4n) is 1.96. The van der Waals surface area contributed by atoms with Crippen LogP contribution in [0.15, 0.2) is 32.5 Å². The highest BCUT2D eigenvalue weighted by molar-refractivity contribution is 9.13. The smallest absolute Gasteiger partial charge is 0.160 e. The monoisotopic (exact) mass is 433 g/mol. The molecule has 2 rings (SSSR count). The third-order valence-electron chi connectivity index (χ3n) is 3.03. The van der Waals surface area contributed by atoms with Crippen molar-refractivity contribution in [3.8, 4) is 11.5 Å². The fourth-order valence-corrected chi connectivity index (χ4v) is 4.11. The van der Waals surface area contributed by atoms with Crippen LogP contribution in [0.4, 0.5) is 0 Å². The van der Waals surface area contributed by atoms with Gasteiger partial charge in [-0.25, -0.2) is 0 Å². The zero-order valence-corrected chi connectivity index (χ0v) is 15.9. The standard InChI is InChI=1S/C15H17Br2NO2S/c1-19-13-4-3-10(7-14(13)20-2)5-6-18-9-11-8-12(16)15(17)21-11/h3-4,7-8,18H,5-6,9H2,1-2H3. The van der Waals surface area contributed by atoms with Crippen LogP contribution >= 0.6 is 43.2 Å². The molecule has 0 amide bonds. The molecule has 0 atom stereocenters. The van der Waals surface area contributed by atoms with Gasteiger partial charge in [-0.05, 0) is 68.6 Å². The van der Waals surface area contributed by atoms with Crippen LogP contribution in [0.25, 0.3) is 0 Å². The number of ether oxygens (including phenoxy) is 2. The summed E-state index contributed by atoms with van der Waals surface area (Å²) in [7, 11) is 3.31. The Morgan fingerprint density at radius 2 is 1.86 bits per heavy atom. The minimum absolute atomic E-state index is 0.766. The Balaban J connectivity index is 1.83. The van der Waals surface area contributed by atoms with Crippen LogP contribution in [0.5, 0.6) is 11.5 Å². The molecule has 114 valence electrons. The summed E-state index contributed by atoms with van der Waals surface area (Å²) in [4.78, 5) is 1.31. The summed E-state index contributed by atoms with van der Waals surface area (Å²) < 4.78 is 12.8. The molecule has 0 aliphatic rings. The van der Waals surface area contributed by atoms with Crippen molar-refractivity contribution in [3.05, 3.63) is 43.0 Å². The minimum atomic E-state index is 0.766. The molecule has 0 saturated heterocycles. The normalized spacial score (nSPS) is 10.7. The number of hydrogen-bond donors (Lipinski definition) is 1. The zero-order valence-electron chi connectivity index (χ0n) is 11.9. The SMILES string of the molecule is COc1ccc(CCNCc2cc(Br)c(Br)s2)cc1OC. The van der Waals surface area contributed by atoms with E-state index in [0.29, 0.717) is 0 Å². The molecule has 0 aliphatic carbocycles. The van der Waals surface area contributed by atoms with Crippen LogP contribution in [-0.4, -0.2) is 20.8 Å². The Bertz CT molecular complexity index is 582. The number of thiophene rings is 1. The fraction of sp³-hybridized carbons (Fsp3) is 0.333. The molecular weight excluding hydrogens is 418 g/mol. The van der Waals surface area contributed by atoms with Crippen molar-refractivity contribution >= 4 is 43.2 Å². The highest BCUT2D eigenvalue weighted by Gasteiger charge is 2.05. The molecule has 1 heterocycles. The van der Waals surface area contributed by atoms with E-state index in [1.54, 1.807) is 25.6 Å². The van der Waals surface area contributed by atoms with E-state index in [2.05, 4.69) is 49.3 Å². The van der Waals surface area contributed by atoms with Gasteiger partial charge in [-0.1, -0.05) is 6.07 Å². The zero-order chi connectivity index (χ0) is 15.2. The quantitative estimate of drug-likeness (QED) is 0.644. The van der Waals surface area contributed by atoms with Crippen molar-refractivity contribution in [3.63, 3.8) is 0 Å². The summed E-state index contributed by atoms with van der Waals surface area (Å²) in [5.41, 5.74) is 1.23. The molecular formula is C15H17Br2NO2S. The molecule has 3 nitrogen and oxygen atoms in total. The largest absolute Gasteiger partial charge is 0.493 e. The van der Waals surface area contributed by atoms with Gasteiger partial charge in [0, 0.05) is 15.9 Å². The molecule has 0 fully saturated rings. The maximum atomic E-state index is 5.31. The molecule has 0 saturated carbocycles.